The number of ketones is 1. The van der Waals surface area contributed by atoms with E-state index in [1.54, 1.807) is 0 Å². The fourth-order valence-electron chi connectivity index (χ4n) is 1.75. The molecule has 0 heterocycles. The van der Waals surface area contributed by atoms with E-state index in [-0.39, 0.29) is 11.7 Å². The molecule has 1 atom stereocenters. The molecule has 0 aliphatic heterocycles. The molecule has 0 bridgehead atoms. The number of aldehydes is 1. The highest BCUT2D eigenvalue weighted by Crippen LogP contribution is 2.16. The molecule has 0 aliphatic rings. The Bertz CT molecular complexity index is 370. The monoisotopic (exact) mass is 296 g/mol. The Morgan fingerprint density at radius 1 is 1.29 bits per heavy atom. The summed E-state index contributed by atoms with van der Waals surface area (Å²) in [5.41, 5.74) is 0.717. The SMILES string of the molecule is CCC[C@H](C=O)CCC(=O)c1ccc(Br)cc1. The molecular formula is C14H17BrO2. The maximum absolute atomic E-state index is 11.8. The predicted octanol–water partition coefficient (Wildman–Crippen LogP) is 4.03. The van der Waals surface area contributed by atoms with Gasteiger partial charge in [-0.1, -0.05) is 41.4 Å². The smallest absolute Gasteiger partial charge is 0.162 e. The van der Waals surface area contributed by atoms with E-state index < -0.39 is 0 Å². The summed E-state index contributed by atoms with van der Waals surface area (Å²) in [6.07, 6.45) is 3.93. The molecule has 0 unspecified atom stereocenters. The molecule has 0 amide bonds. The molecule has 1 aromatic rings. The van der Waals surface area contributed by atoms with Crippen LogP contribution in [0, 0.1) is 5.92 Å². The van der Waals surface area contributed by atoms with Gasteiger partial charge in [0.2, 0.25) is 0 Å². The Hall–Kier alpha value is -0.960. The molecule has 0 aromatic heterocycles. The van der Waals surface area contributed by atoms with Gasteiger partial charge in [0.25, 0.3) is 0 Å². The van der Waals surface area contributed by atoms with E-state index >= 15 is 0 Å². The van der Waals surface area contributed by atoms with E-state index in [2.05, 4.69) is 15.9 Å². The lowest BCUT2D eigenvalue weighted by molar-refractivity contribution is -0.111. The number of rotatable bonds is 7. The Kier molecular flexibility index (Phi) is 6.12. The molecule has 0 spiro atoms. The number of Topliss-reactive ketones (excluding diaryl/α,β-unsaturated/α-hetero) is 1. The van der Waals surface area contributed by atoms with E-state index in [0.717, 1.165) is 23.6 Å². The van der Waals surface area contributed by atoms with Gasteiger partial charge < -0.3 is 4.79 Å². The van der Waals surface area contributed by atoms with Gasteiger partial charge in [0, 0.05) is 22.4 Å². The molecule has 0 radical (unpaired) electrons. The summed E-state index contributed by atoms with van der Waals surface area (Å²) in [7, 11) is 0. The molecule has 1 rings (SSSR count). The largest absolute Gasteiger partial charge is 0.303 e. The van der Waals surface area contributed by atoms with Crippen LogP contribution in [-0.2, 0) is 4.79 Å². The molecule has 17 heavy (non-hydrogen) atoms. The molecule has 1 aromatic carbocycles. The number of hydrogen-bond donors (Lipinski definition) is 0. The molecule has 0 saturated carbocycles. The van der Waals surface area contributed by atoms with Gasteiger partial charge in [0.1, 0.15) is 6.29 Å². The summed E-state index contributed by atoms with van der Waals surface area (Å²) < 4.78 is 0.964. The second-order valence-electron chi connectivity index (χ2n) is 4.15. The molecule has 3 heteroatoms. The number of carbonyl (C=O) groups excluding carboxylic acids is 2. The van der Waals surface area contributed by atoms with Crippen LogP contribution in [0.5, 0.6) is 0 Å². The van der Waals surface area contributed by atoms with Gasteiger partial charge in [-0.05, 0) is 25.0 Å². The molecule has 0 saturated heterocycles. The first-order valence-corrected chi connectivity index (χ1v) is 6.70. The Balaban J connectivity index is 2.49. The highest BCUT2D eigenvalue weighted by molar-refractivity contribution is 9.10. The fourth-order valence-corrected chi connectivity index (χ4v) is 2.01. The third-order valence-electron chi connectivity index (χ3n) is 2.76. The van der Waals surface area contributed by atoms with Crippen LogP contribution >= 0.6 is 15.9 Å². The average molecular weight is 297 g/mol. The summed E-state index contributed by atoms with van der Waals surface area (Å²) in [5.74, 6) is 0.139. The van der Waals surface area contributed by atoms with Crippen LogP contribution in [0.3, 0.4) is 0 Å². The van der Waals surface area contributed by atoms with Crippen LogP contribution in [0.2, 0.25) is 0 Å². The standard InChI is InChI=1S/C14H17BrO2/c1-2-3-11(10-16)4-9-14(17)12-5-7-13(15)8-6-12/h5-8,10-11H,2-4,9H2,1H3/t11-/m0/s1. The zero-order valence-electron chi connectivity index (χ0n) is 9.99. The Labute approximate surface area is 111 Å². The third kappa shape index (κ3) is 4.82. The first-order valence-electron chi connectivity index (χ1n) is 5.91. The molecular weight excluding hydrogens is 280 g/mol. The van der Waals surface area contributed by atoms with Crippen LogP contribution in [0.4, 0.5) is 0 Å². The lowest BCUT2D eigenvalue weighted by atomic mass is 9.96. The van der Waals surface area contributed by atoms with Gasteiger partial charge in [-0.15, -0.1) is 0 Å². The van der Waals surface area contributed by atoms with Crippen LogP contribution < -0.4 is 0 Å². The Morgan fingerprint density at radius 2 is 1.94 bits per heavy atom. The van der Waals surface area contributed by atoms with Gasteiger partial charge in [-0.25, -0.2) is 0 Å². The molecule has 2 nitrogen and oxygen atoms in total. The van der Waals surface area contributed by atoms with Crippen molar-refractivity contribution in [1.29, 1.82) is 0 Å². The number of halogens is 1. The quantitative estimate of drug-likeness (QED) is 0.562. The molecule has 0 aliphatic carbocycles. The summed E-state index contributed by atoms with van der Waals surface area (Å²) in [6, 6.07) is 7.33. The van der Waals surface area contributed by atoms with Gasteiger partial charge in [0.05, 0.1) is 0 Å². The second-order valence-corrected chi connectivity index (χ2v) is 5.07. The molecule has 92 valence electrons. The van der Waals surface area contributed by atoms with Gasteiger partial charge in [-0.2, -0.15) is 0 Å². The highest BCUT2D eigenvalue weighted by Gasteiger charge is 2.11. The van der Waals surface area contributed by atoms with Crippen molar-refractivity contribution in [2.75, 3.05) is 0 Å². The van der Waals surface area contributed by atoms with E-state index in [1.807, 2.05) is 31.2 Å². The highest BCUT2D eigenvalue weighted by atomic mass is 79.9. The minimum absolute atomic E-state index is 0.0272. The zero-order chi connectivity index (χ0) is 12.7. The first kappa shape index (κ1) is 14.1. The van der Waals surface area contributed by atoms with Crippen LogP contribution in [0.25, 0.3) is 0 Å². The normalized spacial score (nSPS) is 12.1. The lowest BCUT2D eigenvalue weighted by Crippen LogP contribution is -2.06. The summed E-state index contributed by atoms with van der Waals surface area (Å²) in [6.45, 7) is 2.05. The van der Waals surface area contributed by atoms with Crippen LogP contribution in [-0.4, -0.2) is 12.1 Å². The van der Waals surface area contributed by atoms with Gasteiger partial charge in [0.15, 0.2) is 5.78 Å². The van der Waals surface area contributed by atoms with Crippen molar-refractivity contribution in [2.24, 2.45) is 5.92 Å². The van der Waals surface area contributed by atoms with Crippen LogP contribution in [0.1, 0.15) is 43.0 Å². The van der Waals surface area contributed by atoms with E-state index in [4.69, 9.17) is 0 Å². The lowest BCUT2D eigenvalue weighted by Gasteiger charge is -2.07. The van der Waals surface area contributed by atoms with Crippen molar-refractivity contribution in [3.8, 4) is 0 Å². The van der Waals surface area contributed by atoms with E-state index in [1.165, 1.54) is 0 Å². The fraction of sp³-hybridized carbons (Fsp3) is 0.429. The number of benzene rings is 1. The maximum atomic E-state index is 11.8. The van der Waals surface area contributed by atoms with Gasteiger partial charge in [-0.3, -0.25) is 4.79 Å². The molecule has 0 fully saturated rings. The Morgan fingerprint density at radius 3 is 2.47 bits per heavy atom. The van der Waals surface area contributed by atoms with Crippen molar-refractivity contribution in [3.63, 3.8) is 0 Å². The minimum atomic E-state index is 0.0272. The number of carbonyl (C=O) groups is 2. The predicted molar refractivity (Wildman–Crippen MR) is 72.2 cm³/mol. The third-order valence-corrected chi connectivity index (χ3v) is 3.29. The molecule has 0 N–H and O–H groups in total. The van der Waals surface area contributed by atoms with Crippen LogP contribution in [0.15, 0.2) is 28.7 Å². The van der Waals surface area contributed by atoms with Crippen molar-refractivity contribution >= 4 is 28.0 Å². The summed E-state index contributed by atoms with van der Waals surface area (Å²) in [5, 5.41) is 0. The second kappa shape index (κ2) is 7.38. The van der Waals surface area contributed by atoms with E-state index in [9.17, 15) is 9.59 Å². The minimum Gasteiger partial charge on any atom is -0.303 e. The van der Waals surface area contributed by atoms with Crippen molar-refractivity contribution in [1.82, 2.24) is 0 Å². The van der Waals surface area contributed by atoms with Crippen molar-refractivity contribution in [2.45, 2.75) is 32.6 Å². The summed E-state index contributed by atoms with van der Waals surface area (Å²) >= 11 is 3.33. The first-order chi connectivity index (χ1) is 8.17. The maximum Gasteiger partial charge on any atom is 0.162 e. The van der Waals surface area contributed by atoms with E-state index in [0.29, 0.717) is 18.4 Å². The average Bonchev–Trinajstić information content (AvgIpc) is 2.35. The zero-order valence-corrected chi connectivity index (χ0v) is 11.6. The van der Waals surface area contributed by atoms with Crippen molar-refractivity contribution < 1.29 is 9.59 Å². The topological polar surface area (TPSA) is 34.1 Å². The van der Waals surface area contributed by atoms with Crippen molar-refractivity contribution in [3.05, 3.63) is 34.3 Å². The number of hydrogen-bond acceptors (Lipinski definition) is 2. The summed E-state index contributed by atoms with van der Waals surface area (Å²) in [4.78, 5) is 22.6. The van der Waals surface area contributed by atoms with Gasteiger partial charge >= 0.3 is 0 Å².